The number of anilines is 2. The lowest BCUT2D eigenvalue weighted by atomic mass is 9.90. The molecular weight excluding hydrogens is 829 g/mol. The summed E-state index contributed by atoms with van der Waals surface area (Å²) in [5.41, 5.74) is 0.993. The molecule has 2 aromatic carbocycles. The molecule has 4 aromatic rings. The highest BCUT2D eigenvalue weighted by Gasteiger charge is 2.41. The number of alkyl halides is 3. The number of aromatic amines is 1. The van der Waals surface area contributed by atoms with E-state index in [0.29, 0.717) is 68.8 Å². The predicted octanol–water partition coefficient (Wildman–Crippen LogP) is 6.53. The Bertz CT molecular complexity index is 2220. The van der Waals surface area contributed by atoms with E-state index in [2.05, 4.69) is 37.2 Å². The molecule has 3 atom stereocenters. The Hall–Kier alpha value is -5.23. The molecule has 332 valence electrons. The number of H-pyrrole nitrogens is 1. The number of aliphatic hydroxyl groups excluding tert-OH is 1. The lowest BCUT2D eigenvalue weighted by molar-refractivity contribution is -0.274. The van der Waals surface area contributed by atoms with E-state index < -0.39 is 23.4 Å². The maximum Gasteiger partial charge on any atom is 0.573 e. The summed E-state index contributed by atoms with van der Waals surface area (Å²) in [6.45, 7) is 9.02. The van der Waals surface area contributed by atoms with Crippen molar-refractivity contribution in [2.75, 3.05) is 69.8 Å². The molecule has 3 aliphatic heterocycles. The molecule has 0 radical (unpaired) electrons. The van der Waals surface area contributed by atoms with Gasteiger partial charge in [-0.25, -0.2) is 9.97 Å². The van der Waals surface area contributed by atoms with Gasteiger partial charge in [-0.1, -0.05) is 42.8 Å². The van der Waals surface area contributed by atoms with E-state index >= 15 is 0 Å². The van der Waals surface area contributed by atoms with Gasteiger partial charge in [-0.15, -0.1) is 13.2 Å². The normalized spacial score (nSPS) is 19.4. The van der Waals surface area contributed by atoms with Gasteiger partial charge in [0.25, 0.3) is 5.91 Å². The van der Waals surface area contributed by atoms with E-state index in [-0.39, 0.29) is 64.2 Å². The molecule has 62 heavy (non-hydrogen) atoms. The zero-order valence-electron chi connectivity index (χ0n) is 35.1. The lowest BCUT2D eigenvalue weighted by Gasteiger charge is -2.38. The third-order valence-electron chi connectivity index (χ3n) is 11.9. The average molecular weight is 881 g/mol. The number of amides is 3. The number of aromatic nitrogens is 3. The number of likely N-dealkylation sites (N-methyl/N-ethyl adjacent to an activating group) is 1. The summed E-state index contributed by atoms with van der Waals surface area (Å²) in [5.74, 6) is 0.405. The Morgan fingerprint density at radius 3 is 2.32 bits per heavy atom. The number of rotatable bonds is 12. The monoisotopic (exact) mass is 880 g/mol. The van der Waals surface area contributed by atoms with E-state index in [0.717, 1.165) is 30.9 Å². The number of ether oxygens (including phenoxy) is 2. The smallest absolute Gasteiger partial charge is 0.405 e. The minimum atomic E-state index is -5.05. The second kappa shape index (κ2) is 18.6. The first-order chi connectivity index (χ1) is 29.5. The van der Waals surface area contributed by atoms with Gasteiger partial charge in [-0.2, -0.15) is 0 Å². The average Bonchev–Trinajstić information content (AvgIpc) is 3.92. The molecule has 2 aromatic heterocycles. The van der Waals surface area contributed by atoms with Crippen molar-refractivity contribution in [3.05, 3.63) is 77.3 Å². The van der Waals surface area contributed by atoms with Crippen molar-refractivity contribution in [1.82, 2.24) is 30.1 Å². The van der Waals surface area contributed by atoms with Crippen molar-refractivity contribution in [2.24, 2.45) is 17.3 Å². The molecule has 18 heteroatoms. The van der Waals surface area contributed by atoms with E-state index in [1.165, 1.54) is 12.3 Å². The summed E-state index contributed by atoms with van der Waals surface area (Å²) in [5, 5.41) is 15.4. The molecule has 0 spiro atoms. The van der Waals surface area contributed by atoms with Crippen LogP contribution in [0.4, 0.5) is 24.7 Å². The van der Waals surface area contributed by atoms with Crippen LogP contribution >= 0.6 is 11.6 Å². The van der Waals surface area contributed by atoms with Gasteiger partial charge < -0.3 is 44.9 Å². The van der Waals surface area contributed by atoms with E-state index in [9.17, 15) is 32.7 Å². The van der Waals surface area contributed by atoms with Gasteiger partial charge in [0.2, 0.25) is 11.8 Å². The molecule has 0 bridgehead atoms. The first kappa shape index (κ1) is 44.8. The van der Waals surface area contributed by atoms with Gasteiger partial charge in [0.1, 0.15) is 17.4 Å². The lowest BCUT2D eigenvalue weighted by Crippen LogP contribution is -2.53. The van der Waals surface area contributed by atoms with Gasteiger partial charge in [-0.3, -0.25) is 14.4 Å². The number of piperazine rings is 1. The fraction of sp³-hybridized carbons (Fsp3) is 0.477. The first-order valence-electron chi connectivity index (χ1n) is 20.8. The van der Waals surface area contributed by atoms with Crippen LogP contribution in [0.15, 0.2) is 60.9 Å². The number of halogens is 4. The van der Waals surface area contributed by atoms with Crippen molar-refractivity contribution in [2.45, 2.75) is 58.5 Å². The van der Waals surface area contributed by atoms with E-state index in [1.807, 2.05) is 16.8 Å². The third kappa shape index (κ3) is 10.0. The minimum Gasteiger partial charge on any atom is -0.405 e. The largest absolute Gasteiger partial charge is 0.573 e. The standard InChI is InChI=1S/C44H52ClF3N8O6/c1-26-19-35(56(24-26)41(59)38(49-4)29-11-17-61-18-12-29)39-51-23-34(52-39)28-7-5-27(6-8-28)31-20-32(45)33(21-36(31)62-44(46,47)48)53-40(58)30-9-10-37(50-22-30)54-13-15-55(16-14-54)42(60)43(2,3)25-57/h5-10,20-23,26,29,35,38,49,57H,11-19,24-25H2,1-4H3,(H,51,52)(H,53,58). The summed E-state index contributed by atoms with van der Waals surface area (Å²) in [6, 6.07) is 11.7. The number of hydrogen-bond donors (Lipinski definition) is 4. The summed E-state index contributed by atoms with van der Waals surface area (Å²) in [7, 11) is 1.82. The SMILES string of the molecule is CNC(C(=O)N1CC(C)CC1c1ncc(-c2ccc(-c3cc(Cl)c(NC(=O)c4ccc(N5CCN(C(=O)C(C)(C)CO)CC5)nc4)cc3OC(F)(F)F)cc2)[nH]1)C1CCOCC1. The van der Waals surface area contributed by atoms with Crippen molar-refractivity contribution >= 4 is 40.8 Å². The summed E-state index contributed by atoms with van der Waals surface area (Å²) in [6.07, 6.45) is 0.375. The summed E-state index contributed by atoms with van der Waals surface area (Å²) in [4.78, 5) is 58.0. The van der Waals surface area contributed by atoms with Crippen LogP contribution in [0, 0.1) is 17.3 Å². The highest BCUT2D eigenvalue weighted by molar-refractivity contribution is 6.34. The highest BCUT2D eigenvalue weighted by atomic mass is 35.5. The van der Waals surface area contributed by atoms with Gasteiger partial charge in [-0.05, 0) is 81.3 Å². The van der Waals surface area contributed by atoms with Crippen LogP contribution in [0.5, 0.6) is 5.75 Å². The molecule has 3 aliphatic rings. The Kier molecular flexibility index (Phi) is 13.5. The fourth-order valence-corrected chi connectivity index (χ4v) is 8.65. The number of aliphatic hydroxyl groups is 1. The number of nitrogens with zero attached hydrogens (tertiary/aromatic N) is 5. The summed E-state index contributed by atoms with van der Waals surface area (Å²) < 4.78 is 51.3. The third-order valence-corrected chi connectivity index (χ3v) is 12.3. The quantitative estimate of drug-likeness (QED) is 0.123. The number of likely N-dealkylation sites (tertiary alicyclic amines) is 1. The van der Waals surface area contributed by atoms with Crippen molar-refractivity contribution < 1.29 is 42.1 Å². The Morgan fingerprint density at radius 2 is 1.69 bits per heavy atom. The summed E-state index contributed by atoms with van der Waals surface area (Å²) >= 11 is 6.59. The molecule has 0 aliphatic carbocycles. The van der Waals surface area contributed by atoms with Crippen molar-refractivity contribution in [1.29, 1.82) is 0 Å². The van der Waals surface area contributed by atoms with Crippen molar-refractivity contribution in [3.63, 3.8) is 0 Å². The Morgan fingerprint density at radius 1 is 1.00 bits per heavy atom. The first-order valence-corrected chi connectivity index (χ1v) is 21.2. The van der Waals surface area contributed by atoms with Crippen LogP contribution in [0.1, 0.15) is 62.3 Å². The molecule has 5 heterocycles. The minimum absolute atomic E-state index is 0.0197. The van der Waals surface area contributed by atoms with Crippen LogP contribution in [-0.4, -0.2) is 120 Å². The zero-order valence-corrected chi connectivity index (χ0v) is 35.9. The van der Waals surface area contributed by atoms with Crippen LogP contribution in [0.3, 0.4) is 0 Å². The number of carbonyl (C=O) groups excluding carboxylic acids is 3. The molecule has 7 rings (SSSR count). The predicted molar refractivity (Wildman–Crippen MR) is 228 cm³/mol. The fourth-order valence-electron chi connectivity index (χ4n) is 8.44. The molecule has 4 N–H and O–H groups in total. The van der Waals surface area contributed by atoms with Crippen LogP contribution in [0.25, 0.3) is 22.4 Å². The number of carbonyl (C=O) groups is 3. The number of benzene rings is 2. The number of hydrogen-bond acceptors (Lipinski definition) is 10. The van der Waals surface area contributed by atoms with Gasteiger partial charge in [0.05, 0.1) is 52.3 Å². The second-order valence-corrected chi connectivity index (χ2v) is 17.3. The molecule has 14 nitrogen and oxygen atoms in total. The van der Waals surface area contributed by atoms with Gasteiger partial charge in [0.15, 0.2) is 0 Å². The topological polar surface area (TPSA) is 165 Å². The Labute approximate surface area is 363 Å². The number of nitrogens with one attached hydrogen (secondary N) is 3. The van der Waals surface area contributed by atoms with Gasteiger partial charge >= 0.3 is 6.36 Å². The maximum absolute atomic E-state index is 13.9. The van der Waals surface area contributed by atoms with Crippen molar-refractivity contribution in [3.8, 4) is 28.1 Å². The molecular formula is C44H52ClF3N8O6. The highest BCUT2D eigenvalue weighted by Crippen LogP contribution is 2.41. The van der Waals surface area contributed by atoms with Crippen LogP contribution in [-0.2, 0) is 14.3 Å². The molecule has 3 unspecified atom stereocenters. The van der Waals surface area contributed by atoms with Gasteiger partial charge in [0, 0.05) is 63.8 Å². The molecule has 3 fully saturated rings. The van der Waals surface area contributed by atoms with E-state index in [4.69, 9.17) is 16.3 Å². The van der Waals surface area contributed by atoms with Crippen LogP contribution < -0.4 is 20.3 Å². The van der Waals surface area contributed by atoms with E-state index in [1.54, 1.807) is 61.3 Å². The molecule has 3 amide bonds. The number of pyridine rings is 1. The Balaban J connectivity index is 1.03. The maximum atomic E-state index is 13.9. The molecule has 0 saturated carbocycles. The second-order valence-electron chi connectivity index (χ2n) is 16.9. The van der Waals surface area contributed by atoms with Crippen LogP contribution in [0.2, 0.25) is 5.02 Å². The number of imidazole rings is 1. The zero-order chi connectivity index (χ0) is 44.3. The molecule has 3 saturated heterocycles.